The number of hydrogen-bond donors (Lipinski definition) is 2. The summed E-state index contributed by atoms with van der Waals surface area (Å²) in [5.41, 5.74) is -1.11. The zero-order valence-corrected chi connectivity index (χ0v) is 8.68. The number of H-pyrrole nitrogens is 1. The topological polar surface area (TPSA) is 70.9 Å². The molecule has 0 saturated carbocycles. The van der Waals surface area contributed by atoms with Crippen LogP contribution in [-0.2, 0) is 7.05 Å². The minimum absolute atomic E-state index is 0.360. The zero-order valence-electron chi connectivity index (χ0n) is 7.87. The van der Waals surface area contributed by atoms with Crippen molar-refractivity contribution in [3.8, 4) is 0 Å². The molecule has 0 aliphatic rings. The van der Waals surface area contributed by atoms with Crippen LogP contribution in [0.15, 0.2) is 9.95 Å². The third-order valence-electron chi connectivity index (χ3n) is 1.30. The smallest absolute Gasteiger partial charge is 0.362 e. The molecule has 74 valence electrons. The van der Waals surface area contributed by atoms with Crippen LogP contribution in [0.4, 0.5) is 0 Å². The van der Waals surface area contributed by atoms with Crippen LogP contribution in [-0.4, -0.2) is 31.2 Å². The third kappa shape index (κ3) is 3.23. The SMILES string of the molecule is Cn1[nH]c(=O)nc1SCC(C)(C)O. The van der Waals surface area contributed by atoms with Gasteiger partial charge in [0.05, 0.1) is 5.60 Å². The average Bonchev–Trinajstić information content (AvgIpc) is 2.24. The van der Waals surface area contributed by atoms with E-state index in [9.17, 15) is 9.90 Å². The van der Waals surface area contributed by atoms with Crippen molar-refractivity contribution in [2.45, 2.75) is 24.6 Å². The summed E-state index contributed by atoms with van der Waals surface area (Å²) in [7, 11) is 1.71. The number of aromatic amines is 1. The molecule has 0 aliphatic heterocycles. The Bertz CT molecular complexity index is 336. The van der Waals surface area contributed by atoms with Crippen LogP contribution in [0.5, 0.6) is 0 Å². The standard InChI is InChI=1S/C7H13N3O2S/c1-7(2,12)4-13-6-8-5(11)9-10(6)3/h12H,4H2,1-3H3,(H,9,11). The number of rotatable bonds is 3. The zero-order chi connectivity index (χ0) is 10.1. The van der Waals surface area contributed by atoms with Gasteiger partial charge in [0.15, 0.2) is 5.16 Å². The first-order chi connectivity index (χ1) is 5.88. The summed E-state index contributed by atoms with van der Waals surface area (Å²) in [5, 5.41) is 12.5. The van der Waals surface area contributed by atoms with Gasteiger partial charge in [-0.1, -0.05) is 11.8 Å². The second-order valence-corrected chi connectivity index (χ2v) is 4.41. The van der Waals surface area contributed by atoms with E-state index in [0.29, 0.717) is 10.9 Å². The largest absolute Gasteiger partial charge is 0.390 e. The Hall–Kier alpha value is -0.750. The fourth-order valence-electron chi connectivity index (χ4n) is 0.748. The van der Waals surface area contributed by atoms with E-state index < -0.39 is 5.60 Å². The van der Waals surface area contributed by atoms with E-state index in [0.717, 1.165) is 0 Å². The molecule has 0 spiro atoms. The second-order valence-electron chi connectivity index (χ2n) is 3.47. The molecule has 5 nitrogen and oxygen atoms in total. The minimum Gasteiger partial charge on any atom is -0.390 e. The molecule has 0 atom stereocenters. The molecule has 1 heterocycles. The molecule has 1 aromatic rings. The molecule has 0 saturated heterocycles. The first kappa shape index (κ1) is 10.3. The normalized spacial score (nSPS) is 12.0. The number of thioether (sulfide) groups is 1. The van der Waals surface area contributed by atoms with Crippen molar-refractivity contribution in [3.05, 3.63) is 10.5 Å². The van der Waals surface area contributed by atoms with E-state index in [-0.39, 0.29) is 5.69 Å². The van der Waals surface area contributed by atoms with Gasteiger partial charge in [-0.3, -0.25) is 4.68 Å². The van der Waals surface area contributed by atoms with Gasteiger partial charge in [-0.2, -0.15) is 4.98 Å². The Morgan fingerprint density at radius 3 is 2.69 bits per heavy atom. The monoisotopic (exact) mass is 203 g/mol. The first-order valence-electron chi connectivity index (χ1n) is 3.87. The van der Waals surface area contributed by atoms with E-state index in [2.05, 4.69) is 10.1 Å². The number of nitrogens with zero attached hydrogens (tertiary/aromatic N) is 2. The fraction of sp³-hybridized carbons (Fsp3) is 0.714. The predicted octanol–water partition coefficient (Wildman–Crippen LogP) is -0.0286. The lowest BCUT2D eigenvalue weighted by Gasteiger charge is -2.15. The van der Waals surface area contributed by atoms with Crippen LogP contribution in [0.2, 0.25) is 0 Å². The molecule has 2 N–H and O–H groups in total. The molecule has 0 aliphatic carbocycles. The maximum absolute atomic E-state index is 10.8. The Balaban J connectivity index is 2.65. The highest BCUT2D eigenvalue weighted by molar-refractivity contribution is 7.99. The van der Waals surface area contributed by atoms with Crippen LogP contribution >= 0.6 is 11.8 Å². The third-order valence-corrected chi connectivity index (χ3v) is 2.78. The highest BCUT2D eigenvalue weighted by Crippen LogP contribution is 2.18. The minimum atomic E-state index is -0.750. The number of aryl methyl sites for hydroxylation is 1. The molecule has 0 fully saturated rings. The van der Waals surface area contributed by atoms with Crippen molar-refractivity contribution in [2.75, 3.05) is 5.75 Å². The number of aromatic nitrogens is 3. The molecule has 1 rings (SSSR count). The molecule has 0 unspecified atom stereocenters. The number of hydrogen-bond acceptors (Lipinski definition) is 4. The Morgan fingerprint density at radius 2 is 2.31 bits per heavy atom. The summed E-state index contributed by atoms with van der Waals surface area (Å²) in [4.78, 5) is 14.5. The molecule has 6 heteroatoms. The van der Waals surface area contributed by atoms with E-state index in [4.69, 9.17) is 0 Å². The maximum atomic E-state index is 10.8. The summed E-state index contributed by atoms with van der Waals surface area (Å²) >= 11 is 1.35. The molecule has 0 bridgehead atoms. The summed E-state index contributed by atoms with van der Waals surface area (Å²) < 4.78 is 1.54. The highest BCUT2D eigenvalue weighted by atomic mass is 32.2. The second kappa shape index (κ2) is 3.55. The molecule has 0 aromatic carbocycles. The predicted molar refractivity (Wildman–Crippen MR) is 50.9 cm³/mol. The van der Waals surface area contributed by atoms with Crippen molar-refractivity contribution in [1.29, 1.82) is 0 Å². The van der Waals surface area contributed by atoms with Crippen molar-refractivity contribution < 1.29 is 5.11 Å². The van der Waals surface area contributed by atoms with E-state index >= 15 is 0 Å². The Labute approximate surface area is 80.2 Å². The summed E-state index contributed by atoms with van der Waals surface area (Å²) in [6.45, 7) is 3.43. The molecule has 0 radical (unpaired) electrons. The van der Waals surface area contributed by atoms with E-state index in [1.807, 2.05) is 0 Å². The molecule has 0 amide bonds. The van der Waals surface area contributed by atoms with Crippen LogP contribution in [0.1, 0.15) is 13.8 Å². The van der Waals surface area contributed by atoms with E-state index in [1.165, 1.54) is 11.8 Å². The number of nitrogens with one attached hydrogen (secondary N) is 1. The van der Waals surface area contributed by atoms with Gasteiger partial charge in [-0.05, 0) is 13.8 Å². The maximum Gasteiger partial charge on any atom is 0.362 e. The summed E-state index contributed by atoms with van der Waals surface area (Å²) in [6.07, 6.45) is 0. The van der Waals surface area contributed by atoms with Gasteiger partial charge in [0.1, 0.15) is 0 Å². The highest BCUT2D eigenvalue weighted by Gasteiger charge is 2.14. The molecule has 1 aromatic heterocycles. The van der Waals surface area contributed by atoms with Gasteiger partial charge in [0, 0.05) is 12.8 Å². The molecular weight excluding hydrogens is 190 g/mol. The van der Waals surface area contributed by atoms with E-state index in [1.54, 1.807) is 25.6 Å². The van der Waals surface area contributed by atoms with Crippen LogP contribution in [0.25, 0.3) is 0 Å². The van der Waals surface area contributed by atoms with Crippen molar-refractivity contribution in [1.82, 2.24) is 14.8 Å². The van der Waals surface area contributed by atoms with Gasteiger partial charge in [0.2, 0.25) is 0 Å². The lowest BCUT2D eigenvalue weighted by molar-refractivity contribution is 0.107. The van der Waals surface area contributed by atoms with Crippen LogP contribution in [0.3, 0.4) is 0 Å². The van der Waals surface area contributed by atoms with Crippen molar-refractivity contribution >= 4 is 11.8 Å². The van der Waals surface area contributed by atoms with Crippen LogP contribution in [0, 0.1) is 0 Å². The molecular formula is C7H13N3O2S. The lowest BCUT2D eigenvalue weighted by atomic mass is 10.2. The number of aliphatic hydroxyl groups is 1. The van der Waals surface area contributed by atoms with Gasteiger partial charge < -0.3 is 5.11 Å². The van der Waals surface area contributed by atoms with Gasteiger partial charge in [-0.25, -0.2) is 9.89 Å². The Kier molecular flexibility index (Phi) is 2.82. The van der Waals surface area contributed by atoms with Crippen molar-refractivity contribution in [2.24, 2.45) is 7.05 Å². The Morgan fingerprint density at radius 1 is 1.69 bits per heavy atom. The fourth-order valence-corrected chi connectivity index (χ4v) is 1.62. The van der Waals surface area contributed by atoms with Gasteiger partial charge >= 0.3 is 5.69 Å². The van der Waals surface area contributed by atoms with Gasteiger partial charge in [0.25, 0.3) is 0 Å². The van der Waals surface area contributed by atoms with Crippen LogP contribution < -0.4 is 5.69 Å². The lowest BCUT2D eigenvalue weighted by Crippen LogP contribution is -2.22. The first-order valence-corrected chi connectivity index (χ1v) is 4.85. The quantitative estimate of drug-likeness (QED) is 0.677. The van der Waals surface area contributed by atoms with Gasteiger partial charge in [-0.15, -0.1) is 0 Å². The summed E-state index contributed by atoms with van der Waals surface area (Å²) in [5.74, 6) is 0.505. The van der Waals surface area contributed by atoms with Crippen molar-refractivity contribution in [3.63, 3.8) is 0 Å². The average molecular weight is 203 g/mol. The molecule has 13 heavy (non-hydrogen) atoms. The summed E-state index contributed by atoms with van der Waals surface area (Å²) in [6, 6.07) is 0.